The molecule has 4 N–H and O–H groups in total. The fraction of sp³-hybridized carbons (Fsp3) is 0.371. The van der Waals surface area contributed by atoms with Crippen LogP contribution in [0.25, 0.3) is 44.8 Å². The first-order chi connectivity index (χ1) is 22.9. The smallest absolute Gasteiger partial charge is 0.407 e. The average molecular weight is 634 g/mol. The molecule has 2 aliphatic rings. The molecular formula is C35H39N9O3. The molecule has 2 aliphatic heterocycles. The lowest BCUT2D eigenvalue weighted by atomic mass is 10.0. The van der Waals surface area contributed by atoms with Gasteiger partial charge >= 0.3 is 6.09 Å². The highest BCUT2D eigenvalue weighted by Gasteiger charge is 2.37. The molecular weight excluding hydrogens is 594 g/mol. The number of nitrogens with one attached hydrogen (secondary N) is 4. The summed E-state index contributed by atoms with van der Waals surface area (Å²) >= 11 is 0. The van der Waals surface area contributed by atoms with E-state index in [0.717, 1.165) is 76.4 Å². The number of amides is 2. The van der Waals surface area contributed by atoms with Crippen LogP contribution >= 0.6 is 0 Å². The Hall–Kier alpha value is -5.10. The van der Waals surface area contributed by atoms with Gasteiger partial charge in [0.15, 0.2) is 5.82 Å². The Kier molecular flexibility index (Phi) is 8.42. The van der Waals surface area contributed by atoms with Gasteiger partial charge in [0.05, 0.1) is 42.1 Å². The van der Waals surface area contributed by atoms with Crippen molar-refractivity contribution in [1.29, 1.82) is 0 Å². The second-order valence-corrected chi connectivity index (χ2v) is 12.6. The lowest BCUT2D eigenvalue weighted by molar-refractivity contribution is -0.135. The van der Waals surface area contributed by atoms with E-state index in [2.05, 4.69) is 47.7 Å². The fourth-order valence-corrected chi connectivity index (χ4v) is 6.56. The van der Waals surface area contributed by atoms with Gasteiger partial charge in [0, 0.05) is 30.1 Å². The Labute approximate surface area is 272 Å². The normalized spacial score (nSPS) is 18.6. The van der Waals surface area contributed by atoms with Crippen molar-refractivity contribution in [3.8, 4) is 33.8 Å². The van der Waals surface area contributed by atoms with Gasteiger partial charge in [-0.15, -0.1) is 0 Å². The molecule has 0 spiro atoms. The van der Waals surface area contributed by atoms with Crippen molar-refractivity contribution in [3.63, 3.8) is 0 Å². The zero-order valence-corrected chi connectivity index (χ0v) is 26.8. The van der Waals surface area contributed by atoms with E-state index < -0.39 is 12.1 Å². The minimum absolute atomic E-state index is 0.0902. The largest absolute Gasteiger partial charge is 0.453 e. The molecule has 3 atom stereocenters. The van der Waals surface area contributed by atoms with Crippen molar-refractivity contribution in [1.82, 2.24) is 45.4 Å². The third kappa shape index (κ3) is 6.20. The predicted octanol–water partition coefficient (Wildman–Crippen LogP) is 5.55. The molecule has 5 aromatic rings. The highest BCUT2D eigenvalue weighted by Crippen LogP contribution is 2.33. The Bertz CT molecular complexity index is 1870. The molecule has 242 valence electrons. The summed E-state index contributed by atoms with van der Waals surface area (Å²) in [7, 11) is 1.29. The predicted molar refractivity (Wildman–Crippen MR) is 178 cm³/mol. The number of nitrogens with zero attached hydrogens (tertiary/aromatic N) is 5. The van der Waals surface area contributed by atoms with Gasteiger partial charge in [-0.05, 0) is 61.4 Å². The molecule has 3 aromatic heterocycles. The van der Waals surface area contributed by atoms with Crippen LogP contribution in [0, 0.1) is 5.92 Å². The summed E-state index contributed by atoms with van der Waals surface area (Å²) in [5.41, 5.74) is 6.67. The van der Waals surface area contributed by atoms with E-state index in [0.29, 0.717) is 18.4 Å². The highest BCUT2D eigenvalue weighted by molar-refractivity contribution is 5.86. The zero-order chi connectivity index (χ0) is 32.5. The number of aromatic nitrogens is 6. The van der Waals surface area contributed by atoms with Gasteiger partial charge in [0.2, 0.25) is 5.91 Å². The number of carbonyl (C=O) groups excluding carboxylic acids is 2. The molecule has 2 aromatic carbocycles. The van der Waals surface area contributed by atoms with Crippen molar-refractivity contribution in [2.45, 2.75) is 57.7 Å². The Balaban J connectivity index is 1.03. The van der Waals surface area contributed by atoms with E-state index >= 15 is 0 Å². The Morgan fingerprint density at radius 3 is 2.38 bits per heavy atom. The molecule has 2 amide bonds. The number of hydrogen-bond donors (Lipinski definition) is 4. The lowest BCUT2D eigenvalue weighted by Crippen LogP contribution is -2.51. The maximum absolute atomic E-state index is 13.5. The number of carbonyl (C=O) groups is 2. The Morgan fingerprint density at radius 2 is 1.66 bits per heavy atom. The number of likely N-dealkylation sites (tertiary alicyclic amines) is 1. The van der Waals surface area contributed by atoms with E-state index in [1.54, 1.807) is 6.20 Å². The molecule has 0 radical (unpaired) electrons. The second kappa shape index (κ2) is 13.0. The minimum atomic E-state index is -0.673. The molecule has 3 unspecified atom stereocenters. The first kappa shape index (κ1) is 30.5. The molecule has 12 heteroatoms. The van der Waals surface area contributed by atoms with E-state index in [9.17, 15) is 9.59 Å². The standard InChI is InChI=1S/C35H39N9O3/c1-20(2)30(43-35(46)47-3)34(45)44-15-5-7-29(44)33-39-19-28(42-33)21-8-10-22(11-9-21)31-37-17-24(18-38-31)23-12-13-25-27(16-23)41-32(40-25)26-6-4-14-36-26/h8-13,16-20,26,29-30,36H,4-7,14-15H2,1-3H3,(H,39,42)(H,40,41)(H,43,46). The highest BCUT2D eigenvalue weighted by atomic mass is 16.5. The van der Waals surface area contributed by atoms with Crippen LogP contribution in [0.5, 0.6) is 0 Å². The van der Waals surface area contributed by atoms with Gasteiger partial charge in [0.25, 0.3) is 0 Å². The molecule has 2 fully saturated rings. The van der Waals surface area contributed by atoms with Crippen LogP contribution in [0.3, 0.4) is 0 Å². The molecule has 2 saturated heterocycles. The number of H-pyrrole nitrogens is 2. The number of hydrogen-bond acceptors (Lipinski definition) is 8. The molecule has 0 aliphatic carbocycles. The number of methoxy groups -OCH3 is 1. The summed E-state index contributed by atoms with van der Waals surface area (Å²) < 4.78 is 4.74. The molecule has 5 heterocycles. The van der Waals surface area contributed by atoms with Gasteiger partial charge < -0.3 is 30.2 Å². The summed E-state index contributed by atoms with van der Waals surface area (Å²) in [6, 6.07) is 13.7. The first-order valence-electron chi connectivity index (χ1n) is 16.2. The van der Waals surface area contributed by atoms with Crippen LogP contribution < -0.4 is 10.6 Å². The monoisotopic (exact) mass is 633 g/mol. The van der Waals surface area contributed by atoms with Crippen LogP contribution in [0.15, 0.2) is 61.1 Å². The number of ether oxygens (including phenoxy) is 1. The SMILES string of the molecule is COC(=O)NC(C(=O)N1CCCC1c1ncc(-c2ccc(-c3ncc(-c4ccc5nc(C6CCCN6)[nH]c5c4)cn3)cc2)[nH]1)C(C)C. The number of alkyl carbamates (subject to hydrolysis) is 1. The number of rotatable bonds is 8. The second-order valence-electron chi connectivity index (χ2n) is 12.6. The summed E-state index contributed by atoms with van der Waals surface area (Å²) in [6.45, 7) is 5.45. The van der Waals surface area contributed by atoms with Gasteiger partial charge in [-0.2, -0.15) is 0 Å². The average Bonchev–Trinajstić information content (AvgIpc) is 3.93. The van der Waals surface area contributed by atoms with Gasteiger partial charge in [-0.1, -0.05) is 44.2 Å². The molecule has 7 rings (SSSR count). The summed E-state index contributed by atoms with van der Waals surface area (Å²) in [4.78, 5) is 52.9. The van der Waals surface area contributed by atoms with Crippen LogP contribution in [-0.4, -0.2) is 73.0 Å². The van der Waals surface area contributed by atoms with Crippen molar-refractivity contribution >= 4 is 23.0 Å². The lowest BCUT2D eigenvalue weighted by Gasteiger charge is -2.30. The quantitative estimate of drug-likeness (QED) is 0.174. The molecule has 0 saturated carbocycles. The maximum atomic E-state index is 13.5. The molecule has 12 nitrogen and oxygen atoms in total. The van der Waals surface area contributed by atoms with Crippen LogP contribution in [0.2, 0.25) is 0 Å². The number of fused-ring (bicyclic) bond motifs is 1. The number of aromatic amines is 2. The van der Waals surface area contributed by atoms with Crippen LogP contribution in [0.1, 0.15) is 63.3 Å². The van der Waals surface area contributed by atoms with E-state index in [-0.39, 0.29) is 17.9 Å². The summed E-state index contributed by atoms with van der Waals surface area (Å²) in [5.74, 6) is 2.15. The summed E-state index contributed by atoms with van der Waals surface area (Å²) in [5, 5.41) is 6.19. The fourth-order valence-electron chi connectivity index (χ4n) is 6.56. The van der Waals surface area contributed by atoms with Gasteiger partial charge in [-0.25, -0.2) is 24.7 Å². The zero-order valence-electron chi connectivity index (χ0n) is 26.8. The molecule has 47 heavy (non-hydrogen) atoms. The van der Waals surface area contributed by atoms with Crippen molar-refractivity contribution < 1.29 is 14.3 Å². The van der Waals surface area contributed by atoms with Crippen molar-refractivity contribution in [2.75, 3.05) is 20.2 Å². The Morgan fingerprint density at radius 1 is 0.894 bits per heavy atom. The van der Waals surface area contributed by atoms with E-state index in [4.69, 9.17) is 9.72 Å². The third-order valence-electron chi connectivity index (χ3n) is 9.17. The van der Waals surface area contributed by atoms with Crippen molar-refractivity contribution in [3.05, 3.63) is 72.7 Å². The van der Waals surface area contributed by atoms with Crippen molar-refractivity contribution in [2.24, 2.45) is 5.92 Å². The minimum Gasteiger partial charge on any atom is -0.453 e. The number of benzene rings is 2. The topological polar surface area (TPSA) is 154 Å². The third-order valence-corrected chi connectivity index (χ3v) is 9.17. The maximum Gasteiger partial charge on any atom is 0.407 e. The van der Waals surface area contributed by atoms with Gasteiger partial charge in [-0.3, -0.25) is 4.79 Å². The summed E-state index contributed by atoms with van der Waals surface area (Å²) in [6.07, 6.45) is 8.82. The van der Waals surface area contributed by atoms with E-state index in [1.165, 1.54) is 13.5 Å². The van der Waals surface area contributed by atoms with Crippen LogP contribution in [0.4, 0.5) is 4.79 Å². The van der Waals surface area contributed by atoms with E-state index in [1.807, 2.05) is 61.5 Å². The first-order valence-corrected chi connectivity index (χ1v) is 16.2. The van der Waals surface area contributed by atoms with Crippen LogP contribution in [-0.2, 0) is 9.53 Å². The molecule has 0 bridgehead atoms. The van der Waals surface area contributed by atoms with Gasteiger partial charge in [0.1, 0.15) is 17.7 Å². The number of imidazole rings is 2.